The third-order valence-corrected chi connectivity index (χ3v) is 13.8. The number of allylic oxidation sites excluding steroid dienone is 1. The van der Waals surface area contributed by atoms with Crippen LogP contribution >= 0.6 is 0 Å². The second-order valence-corrected chi connectivity index (χ2v) is 14.8. The summed E-state index contributed by atoms with van der Waals surface area (Å²) in [6, 6.07) is 0. The van der Waals surface area contributed by atoms with E-state index in [0.29, 0.717) is 29.6 Å². The Morgan fingerprint density at radius 1 is 0.939 bits per heavy atom. The molecule has 0 radical (unpaired) electrons. The number of hydrogen-bond donors (Lipinski definition) is 1. The van der Waals surface area contributed by atoms with Crippen molar-refractivity contribution < 1.29 is 14.6 Å². The maximum atomic E-state index is 13.6. The van der Waals surface area contributed by atoms with Crippen molar-refractivity contribution in [2.75, 3.05) is 0 Å². The van der Waals surface area contributed by atoms with Gasteiger partial charge in [0.1, 0.15) is 5.60 Å². The molecule has 5 fully saturated rings. The van der Waals surface area contributed by atoms with Crippen LogP contribution in [-0.4, -0.2) is 22.8 Å². The van der Waals surface area contributed by atoms with Gasteiger partial charge in [-0.15, -0.1) is 0 Å². The average molecular weight is 455 g/mol. The van der Waals surface area contributed by atoms with Crippen molar-refractivity contribution in [2.24, 2.45) is 56.7 Å². The van der Waals surface area contributed by atoms with Gasteiger partial charge >= 0.3 is 5.97 Å². The lowest BCUT2D eigenvalue weighted by Gasteiger charge is -2.72. The van der Waals surface area contributed by atoms with E-state index < -0.39 is 5.60 Å². The van der Waals surface area contributed by atoms with Crippen molar-refractivity contribution in [3.05, 3.63) is 12.2 Å². The molecule has 6 rings (SSSR count). The van der Waals surface area contributed by atoms with Crippen LogP contribution in [0.2, 0.25) is 0 Å². The minimum absolute atomic E-state index is 0.0424. The van der Waals surface area contributed by atoms with E-state index in [0.717, 1.165) is 44.9 Å². The summed E-state index contributed by atoms with van der Waals surface area (Å²) in [5.41, 5.74) is -0.514. The largest absolute Gasteiger partial charge is 0.453 e. The monoisotopic (exact) mass is 454 g/mol. The highest BCUT2D eigenvalue weighted by Gasteiger charge is 2.80. The normalized spacial score (nSPS) is 60.8. The first-order valence-electron chi connectivity index (χ1n) is 13.9. The molecule has 3 nitrogen and oxygen atoms in total. The van der Waals surface area contributed by atoms with Crippen LogP contribution in [0, 0.1) is 56.7 Å². The van der Waals surface area contributed by atoms with E-state index in [-0.39, 0.29) is 39.1 Å². The molecule has 1 aliphatic heterocycles. The van der Waals surface area contributed by atoms with Crippen molar-refractivity contribution in [3.63, 3.8) is 0 Å². The van der Waals surface area contributed by atoms with Gasteiger partial charge < -0.3 is 9.84 Å². The smallest absolute Gasteiger partial charge is 0.313 e. The quantitative estimate of drug-likeness (QED) is 0.334. The van der Waals surface area contributed by atoms with Crippen LogP contribution in [0.15, 0.2) is 12.2 Å². The molecule has 1 heterocycles. The fourth-order valence-electron chi connectivity index (χ4n) is 11.4. The Bertz CT molecular complexity index is 922. The second kappa shape index (κ2) is 6.29. The molecule has 11 atom stereocenters. The molecule has 33 heavy (non-hydrogen) atoms. The van der Waals surface area contributed by atoms with E-state index in [2.05, 4.69) is 60.6 Å². The standard InChI is InChI=1S/C30H46O3/c1-18-8-14-29-17-16-28(7)27(6)13-9-20-25(3,4)22(31)11-12-26(20,5)21(27)10-15-30(28,33-24(29)32)23(29)19(18)2/h10,15,18-23,31H,8-9,11-14,16-17H2,1-7H3/t18?,19?,20-,21+,22?,23+,26-,27+,28-,29-,30-/m0/s1. The second-order valence-electron chi connectivity index (χ2n) is 14.8. The van der Waals surface area contributed by atoms with Gasteiger partial charge in [-0.05, 0) is 97.4 Å². The van der Waals surface area contributed by atoms with Crippen molar-refractivity contribution >= 4 is 5.97 Å². The Balaban J connectivity index is 1.52. The summed E-state index contributed by atoms with van der Waals surface area (Å²) in [5.74, 6) is 2.56. The number of ether oxygens (including phenoxy) is 1. The first-order chi connectivity index (χ1) is 15.3. The van der Waals surface area contributed by atoms with Crippen LogP contribution in [0.3, 0.4) is 0 Å². The van der Waals surface area contributed by atoms with E-state index in [1.54, 1.807) is 0 Å². The molecule has 1 saturated heterocycles. The molecule has 0 aromatic carbocycles. The SMILES string of the molecule is CC1CC[C@@]23CC[C@]4(C)[C@@](C=C[C@@H]5[C@@]6(C)CCC(O)C(C)(C)[C@@H]6CC[C@]54C)(OC2=O)[C@@H]3C1C. The number of rotatable bonds is 0. The number of carbonyl (C=O) groups is 1. The Kier molecular flexibility index (Phi) is 4.31. The third-order valence-electron chi connectivity index (χ3n) is 13.8. The summed E-state index contributed by atoms with van der Waals surface area (Å²) in [4.78, 5) is 13.6. The predicted molar refractivity (Wildman–Crippen MR) is 130 cm³/mol. The number of hydrogen-bond acceptors (Lipinski definition) is 3. The summed E-state index contributed by atoms with van der Waals surface area (Å²) >= 11 is 0. The minimum atomic E-state index is -0.450. The number of esters is 1. The van der Waals surface area contributed by atoms with Crippen LogP contribution in [0.5, 0.6) is 0 Å². The van der Waals surface area contributed by atoms with Crippen molar-refractivity contribution in [1.29, 1.82) is 0 Å². The molecule has 0 aromatic heterocycles. The van der Waals surface area contributed by atoms with Gasteiger partial charge in [0.25, 0.3) is 0 Å². The van der Waals surface area contributed by atoms with E-state index >= 15 is 0 Å². The van der Waals surface area contributed by atoms with Gasteiger partial charge in [0.15, 0.2) is 0 Å². The molecule has 184 valence electrons. The number of aliphatic hydroxyl groups is 1. The lowest BCUT2D eigenvalue weighted by atomic mass is 9.32. The topological polar surface area (TPSA) is 46.5 Å². The zero-order chi connectivity index (χ0) is 23.8. The summed E-state index contributed by atoms with van der Waals surface area (Å²) in [6.45, 7) is 17.0. The maximum Gasteiger partial charge on any atom is 0.313 e. The Morgan fingerprint density at radius 2 is 1.67 bits per heavy atom. The van der Waals surface area contributed by atoms with E-state index in [4.69, 9.17) is 4.74 Å². The predicted octanol–water partition coefficient (Wildman–Crippen LogP) is 6.54. The molecular weight excluding hydrogens is 408 g/mol. The fraction of sp³-hybridized carbons (Fsp3) is 0.900. The van der Waals surface area contributed by atoms with Crippen LogP contribution in [0.1, 0.15) is 99.8 Å². The number of carbonyl (C=O) groups excluding carboxylic acids is 1. The number of fused-ring (bicyclic) bond motifs is 4. The third kappa shape index (κ3) is 2.23. The molecule has 6 aliphatic rings. The van der Waals surface area contributed by atoms with E-state index in [1.165, 1.54) is 6.42 Å². The van der Waals surface area contributed by atoms with Gasteiger partial charge in [-0.3, -0.25) is 4.79 Å². The van der Waals surface area contributed by atoms with Gasteiger partial charge in [-0.1, -0.05) is 54.5 Å². The zero-order valence-electron chi connectivity index (χ0n) is 22.0. The summed E-state index contributed by atoms with van der Waals surface area (Å²) in [7, 11) is 0. The molecule has 1 N–H and O–H groups in total. The number of aliphatic hydroxyl groups excluding tert-OH is 1. The van der Waals surface area contributed by atoms with Crippen LogP contribution in [0.4, 0.5) is 0 Å². The summed E-state index contributed by atoms with van der Waals surface area (Å²) in [5, 5.41) is 10.9. The molecule has 3 unspecified atom stereocenters. The lowest BCUT2D eigenvalue weighted by Crippen LogP contribution is -2.71. The highest BCUT2D eigenvalue weighted by molar-refractivity contribution is 5.82. The summed E-state index contributed by atoms with van der Waals surface area (Å²) in [6.07, 6.45) is 13.4. The maximum absolute atomic E-state index is 13.6. The molecule has 4 saturated carbocycles. The Hall–Kier alpha value is -0.830. The van der Waals surface area contributed by atoms with Crippen LogP contribution in [-0.2, 0) is 9.53 Å². The van der Waals surface area contributed by atoms with Gasteiger partial charge in [0.05, 0.1) is 11.5 Å². The molecule has 2 bridgehead atoms. The summed E-state index contributed by atoms with van der Waals surface area (Å²) < 4.78 is 6.71. The van der Waals surface area contributed by atoms with Gasteiger partial charge in [-0.2, -0.15) is 0 Å². The Morgan fingerprint density at radius 3 is 2.39 bits per heavy atom. The van der Waals surface area contributed by atoms with E-state index in [9.17, 15) is 9.90 Å². The first-order valence-corrected chi connectivity index (χ1v) is 13.9. The molecule has 1 spiro atoms. The van der Waals surface area contributed by atoms with Crippen LogP contribution < -0.4 is 0 Å². The molecular formula is C30H46O3. The lowest BCUT2D eigenvalue weighted by molar-refractivity contribution is -0.245. The van der Waals surface area contributed by atoms with E-state index in [1.807, 2.05) is 0 Å². The molecule has 5 aliphatic carbocycles. The average Bonchev–Trinajstić information content (AvgIpc) is 2.95. The highest BCUT2D eigenvalue weighted by atomic mass is 16.6. The fourth-order valence-corrected chi connectivity index (χ4v) is 11.4. The molecule has 0 amide bonds. The van der Waals surface area contributed by atoms with Crippen molar-refractivity contribution in [3.8, 4) is 0 Å². The minimum Gasteiger partial charge on any atom is -0.453 e. The van der Waals surface area contributed by atoms with Gasteiger partial charge in [-0.25, -0.2) is 0 Å². The Labute approximate surface area is 201 Å². The van der Waals surface area contributed by atoms with Crippen LogP contribution in [0.25, 0.3) is 0 Å². The highest BCUT2D eigenvalue weighted by Crippen LogP contribution is 2.79. The first kappa shape index (κ1) is 22.6. The van der Waals surface area contributed by atoms with Crippen molar-refractivity contribution in [2.45, 2.75) is 112 Å². The van der Waals surface area contributed by atoms with Crippen molar-refractivity contribution in [1.82, 2.24) is 0 Å². The zero-order valence-corrected chi connectivity index (χ0v) is 22.0. The van der Waals surface area contributed by atoms with Gasteiger partial charge in [0.2, 0.25) is 0 Å². The van der Waals surface area contributed by atoms with Gasteiger partial charge in [0, 0.05) is 11.3 Å². The molecule has 3 heteroatoms. The molecule has 0 aromatic rings.